The fourth-order valence-electron chi connectivity index (χ4n) is 1.79. The molecule has 1 aromatic heterocycles. The van der Waals surface area contributed by atoms with E-state index in [1.807, 2.05) is 0 Å². The third-order valence-electron chi connectivity index (χ3n) is 2.75. The minimum atomic E-state index is -0.292. The van der Waals surface area contributed by atoms with Crippen LogP contribution < -0.4 is 15.8 Å². The number of carbonyl (C=O) groups is 1. The number of benzene rings is 1. The van der Waals surface area contributed by atoms with Gasteiger partial charge in [0.25, 0.3) is 5.91 Å². The van der Waals surface area contributed by atoms with Crippen molar-refractivity contribution in [2.45, 2.75) is 6.54 Å². The molecule has 1 heterocycles. The highest BCUT2D eigenvalue weighted by Crippen LogP contribution is 2.36. The van der Waals surface area contributed by atoms with Gasteiger partial charge in [-0.05, 0) is 40.2 Å². The molecular weight excluding hydrogens is 358 g/mol. The number of anilines is 1. The Balaban J connectivity index is 2.31. The maximum absolute atomic E-state index is 12.3. The quantitative estimate of drug-likeness (QED) is 0.866. The molecule has 0 atom stereocenters. The summed E-state index contributed by atoms with van der Waals surface area (Å²) < 4.78 is 5.92. The van der Waals surface area contributed by atoms with E-state index in [1.54, 1.807) is 30.5 Å². The number of nitrogens with two attached hydrogens (primary N) is 1. The lowest BCUT2D eigenvalue weighted by molar-refractivity contribution is 0.102. The van der Waals surface area contributed by atoms with Gasteiger partial charge in [0.2, 0.25) is 0 Å². The standard InChI is InChI=1S/C14H13BrClN3O2/c1-21-13-11(15)5-9(16)6-12(13)19-14(20)8-2-3-18-10(4-8)7-17/h2-6H,7,17H2,1H3,(H,19,20). The average molecular weight is 371 g/mol. The highest BCUT2D eigenvalue weighted by molar-refractivity contribution is 9.10. The normalized spacial score (nSPS) is 10.3. The zero-order valence-electron chi connectivity index (χ0n) is 11.2. The highest BCUT2D eigenvalue weighted by Gasteiger charge is 2.14. The minimum absolute atomic E-state index is 0.271. The number of pyridine rings is 1. The lowest BCUT2D eigenvalue weighted by Crippen LogP contribution is -2.14. The number of halogens is 2. The van der Waals surface area contributed by atoms with Crippen molar-refractivity contribution < 1.29 is 9.53 Å². The molecule has 1 amide bonds. The molecule has 0 spiro atoms. The number of carbonyl (C=O) groups excluding carboxylic acids is 1. The first-order valence-corrected chi connectivity index (χ1v) is 7.21. The molecule has 2 rings (SSSR count). The Hall–Kier alpha value is -1.63. The molecule has 0 unspecified atom stereocenters. The maximum Gasteiger partial charge on any atom is 0.255 e. The Morgan fingerprint density at radius 3 is 2.90 bits per heavy atom. The number of ether oxygens (including phenoxy) is 1. The van der Waals surface area contributed by atoms with Crippen LogP contribution in [0.1, 0.15) is 16.1 Å². The molecule has 1 aromatic carbocycles. The number of nitrogens with one attached hydrogen (secondary N) is 1. The summed E-state index contributed by atoms with van der Waals surface area (Å²) >= 11 is 9.33. The Kier molecular flexibility index (Phi) is 5.17. The zero-order chi connectivity index (χ0) is 15.4. The highest BCUT2D eigenvalue weighted by atomic mass is 79.9. The molecule has 3 N–H and O–H groups in total. The van der Waals surface area contributed by atoms with E-state index < -0.39 is 0 Å². The van der Waals surface area contributed by atoms with Crippen LogP contribution in [0.3, 0.4) is 0 Å². The minimum Gasteiger partial charge on any atom is -0.493 e. The Labute approximate surface area is 135 Å². The van der Waals surface area contributed by atoms with Crippen LogP contribution in [-0.2, 0) is 6.54 Å². The summed E-state index contributed by atoms with van der Waals surface area (Å²) in [4.78, 5) is 16.3. The second-order valence-electron chi connectivity index (χ2n) is 4.16. The molecule has 5 nitrogen and oxygen atoms in total. The van der Waals surface area contributed by atoms with E-state index in [0.717, 1.165) is 0 Å². The molecule has 0 fully saturated rings. The number of methoxy groups -OCH3 is 1. The topological polar surface area (TPSA) is 77.2 Å². The predicted octanol–water partition coefficient (Wildman–Crippen LogP) is 3.22. The summed E-state index contributed by atoms with van der Waals surface area (Å²) in [6.45, 7) is 0.271. The molecule has 7 heteroatoms. The van der Waals surface area contributed by atoms with E-state index >= 15 is 0 Å². The molecule has 2 aromatic rings. The Morgan fingerprint density at radius 2 is 2.24 bits per heavy atom. The summed E-state index contributed by atoms with van der Waals surface area (Å²) in [5, 5.41) is 3.25. The van der Waals surface area contributed by atoms with Gasteiger partial charge in [0, 0.05) is 23.3 Å². The third-order valence-corrected chi connectivity index (χ3v) is 3.56. The summed E-state index contributed by atoms with van der Waals surface area (Å²) in [5.74, 6) is 0.209. The molecule has 0 aliphatic carbocycles. The van der Waals surface area contributed by atoms with Gasteiger partial charge < -0.3 is 15.8 Å². The van der Waals surface area contributed by atoms with E-state index in [-0.39, 0.29) is 12.5 Å². The fourth-order valence-corrected chi connectivity index (χ4v) is 2.76. The largest absolute Gasteiger partial charge is 0.493 e. The van der Waals surface area contributed by atoms with Crippen molar-refractivity contribution in [2.24, 2.45) is 5.73 Å². The second-order valence-corrected chi connectivity index (χ2v) is 5.45. The van der Waals surface area contributed by atoms with E-state index in [9.17, 15) is 4.79 Å². The molecule has 0 bridgehead atoms. The van der Waals surface area contributed by atoms with Gasteiger partial charge in [-0.1, -0.05) is 11.6 Å². The van der Waals surface area contributed by atoms with Gasteiger partial charge >= 0.3 is 0 Å². The first-order chi connectivity index (χ1) is 10.0. The van der Waals surface area contributed by atoms with Crippen LogP contribution in [0.15, 0.2) is 34.9 Å². The van der Waals surface area contributed by atoms with E-state index in [4.69, 9.17) is 22.1 Å². The van der Waals surface area contributed by atoms with Crippen molar-refractivity contribution in [3.63, 3.8) is 0 Å². The summed E-state index contributed by atoms with van der Waals surface area (Å²) in [5.41, 5.74) is 7.10. The van der Waals surface area contributed by atoms with Crippen LogP contribution in [0.4, 0.5) is 5.69 Å². The molecule has 21 heavy (non-hydrogen) atoms. The SMILES string of the molecule is COc1c(Br)cc(Cl)cc1NC(=O)c1ccnc(CN)c1. The molecule has 0 saturated heterocycles. The van der Waals surface area contributed by atoms with Crippen molar-refractivity contribution in [3.05, 3.63) is 51.2 Å². The number of aromatic nitrogens is 1. The van der Waals surface area contributed by atoms with E-state index in [2.05, 4.69) is 26.2 Å². The van der Waals surface area contributed by atoms with Crippen molar-refractivity contribution in [2.75, 3.05) is 12.4 Å². The molecule has 0 aliphatic heterocycles. The molecule has 0 radical (unpaired) electrons. The summed E-state index contributed by atoms with van der Waals surface area (Å²) in [7, 11) is 1.52. The van der Waals surface area contributed by atoms with Gasteiger partial charge in [-0.15, -0.1) is 0 Å². The van der Waals surface area contributed by atoms with Gasteiger partial charge in [-0.3, -0.25) is 9.78 Å². The first-order valence-electron chi connectivity index (χ1n) is 6.04. The van der Waals surface area contributed by atoms with Crippen LogP contribution in [0.5, 0.6) is 5.75 Å². The average Bonchev–Trinajstić information content (AvgIpc) is 2.47. The number of rotatable bonds is 4. The number of hydrogen-bond donors (Lipinski definition) is 2. The van der Waals surface area contributed by atoms with Crippen molar-refractivity contribution in [1.82, 2.24) is 4.98 Å². The van der Waals surface area contributed by atoms with Crippen LogP contribution >= 0.6 is 27.5 Å². The lowest BCUT2D eigenvalue weighted by Gasteiger charge is -2.12. The lowest BCUT2D eigenvalue weighted by atomic mass is 10.2. The predicted molar refractivity (Wildman–Crippen MR) is 85.8 cm³/mol. The van der Waals surface area contributed by atoms with Crippen molar-refractivity contribution >= 4 is 39.1 Å². The van der Waals surface area contributed by atoms with Crippen molar-refractivity contribution in [1.29, 1.82) is 0 Å². The second kappa shape index (κ2) is 6.89. The Morgan fingerprint density at radius 1 is 1.48 bits per heavy atom. The molecule has 0 saturated carbocycles. The van der Waals surface area contributed by atoms with Gasteiger partial charge in [0.05, 0.1) is 23.0 Å². The van der Waals surface area contributed by atoms with E-state index in [0.29, 0.717) is 32.2 Å². The van der Waals surface area contributed by atoms with Gasteiger partial charge in [0.1, 0.15) is 0 Å². The van der Waals surface area contributed by atoms with Gasteiger partial charge in [-0.25, -0.2) is 0 Å². The van der Waals surface area contributed by atoms with Gasteiger partial charge in [-0.2, -0.15) is 0 Å². The van der Waals surface area contributed by atoms with Crippen LogP contribution in [0.2, 0.25) is 5.02 Å². The summed E-state index contributed by atoms with van der Waals surface area (Å²) in [6.07, 6.45) is 1.54. The Bertz CT molecular complexity index is 679. The monoisotopic (exact) mass is 369 g/mol. The fraction of sp³-hybridized carbons (Fsp3) is 0.143. The number of hydrogen-bond acceptors (Lipinski definition) is 4. The van der Waals surface area contributed by atoms with Crippen LogP contribution in [0.25, 0.3) is 0 Å². The summed E-state index contributed by atoms with van der Waals surface area (Å²) in [6, 6.07) is 6.56. The molecular formula is C14H13BrClN3O2. The number of nitrogens with zero attached hydrogens (tertiary/aromatic N) is 1. The first kappa shape index (κ1) is 15.8. The van der Waals surface area contributed by atoms with Crippen LogP contribution in [0, 0.1) is 0 Å². The zero-order valence-corrected chi connectivity index (χ0v) is 13.5. The van der Waals surface area contributed by atoms with E-state index in [1.165, 1.54) is 7.11 Å². The third kappa shape index (κ3) is 3.72. The van der Waals surface area contributed by atoms with Crippen LogP contribution in [-0.4, -0.2) is 18.0 Å². The van der Waals surface area contributed by atoms with Gasteiger partial charge in [0.15, 0.2) is 5.75 Å². The molecule has 110 valence electrons. The number of amides is 1. The maximum atomic E-state index is 12.3. The smallest absolute Gasteiger partial charge is 0.255 e. The molecule has 0 aliphatic rings. The van der Waals surface area contributed by atoms with Crippen molar-refractivity contribution in [3.8, 4) is 5.75 Å².